The van der Waals surface area contributed by atoms with Gasteiger partial charge in [0.2, 0.25) is 7.37 Å². The van der Waals surface area contributed by atoms with E-state index in [9.17, 15) is 19.4 Å². The lowest BCUT2D eigenvalue weighted by Gasteiger charge is -2.24. The van der Waals surface area contributed by atoms with Crippen molar-refractivity contribution >= 4 is 41.4 Å². The van der Waals surface area contributed by atoms with Crippen LogP contribution in [0.1, 0.15) is 44.1 Å². The van der Waals surface area contributed by atoms with Gasteiger partial charge in [0.25, 0.3) is 0 Å². The number of hydrogen-bond acceptors (Lipinski definition) is 3. The van der Waals surface area contributed by atoms with Crippen molar-refractivity contribution in [3.8, 4) is 0 Å². The molecule has 25 heavy (non-hydrogen) atoms. The maximum atomic E-state index is 12.6. The van der Waals surface area contributed by atoms with Crippen molar-refractivity contribution in [1.82, 2.24) is 0 Å². The monoisotopic (exact) mass is 477 g/mol. The molecule has 1 aromatic carbocycles. The van der Waals surface area contributed by atoms with E-state index in [4.69, 9.17) is 5.41 Å². The Hall–Kier alpha value is -0.720. The number of carboxylic acids is 1. The number of hydrogen-bond donors (Lipinski definition) is 3. The highest BCUT2D eigenvalue weighted by Crippen LogP contribution is 2.47. The number of aliphatic carboxylic acids is 1. The van der Waals surface area contributed by atoms with Crippen LogP contribution in [0.3, 0.4) is 0 Å². The minimum absolute atomic E-state index is 0.159. The molecule has 7 heteroatoms. The second kappa shape index (κ2) is 9.28. The van der Waals surface area contributed by atoms with Crippen LogP contribution in [0.2, 0.25) is 0 Å². The topological polar surface area (TPSA) is 98.5 Å². The highest BCUT2D eigenvalue weighted by atomic mass is 127. The van der Waals surface area contributed by atoms with Crippen LogP contribution in [0, 0.1) is 20.8 Å². The summed E-state index contributed by atoms with van der Waals surface area (Å²) in [6, 6.07) is 7.43. The molecular formula is C18H25INO4P. The maximum absolute atomic E-state index is 12.6. The molecule has 1 aromatic rings. The minimum atomic E-state index is -3.91. The van der Waals surface area contributed by atoms with E-state index >= 15 is 0 Å². The first-order valence-corrected chi connectivity index (χ1v) is 11.6. The highest BCUT2D eigenvalue weighted by Gasteiger charge is 2.34. The highest BCUT2D eigenvalue weighted by molar-refractivity contribution is 14.1. The van der Waals surface area contributed by atoms with E-state index < -0.39 is 19.3 Å². The fraction of sp³-hybridized carbons (Fsp3) is 0.556. The third kappa shape index (κ3) is 6.19. The van der Waals surface area contributed by atoms with Gasteiger partial charge in [-0.1, -0.05) is 50.3 Å². The van der Waals surface area contributed by atoms with E-state index in [0.717, 1.165) is 34.8 Å². The number of carboxylic acid groups (broad SMARTS) is 1. The number of rotatable bonds is 8. The average molecular weight is 477 g/mol. The van der Waals surface area contributed by atoms with Gasteiger partial charge in [-0.15, -0.1) is 0 Å². The molecule has 2 unspecified atom stereocenters. The molecule has 0 aromatic heterocycles. The molecule has 0 heterocycles. The Morgan fingerprint density at radius 2 is 1.92 bits per heavy atom. The Kier molecular flexibility index (Phi) is 7.65. The van der Waals surface area contributed by atoms with Crippen LogP contribution >= 0.6 is 30.0 Å². The second-order valence-electron chi connectivity index (χ2n) is 6.87. The van der Waals surface area contributed by atoms with Crippen molar-refractivity contribution in [3.63, 3.8) is 0 Å². The predicted molar refractivity (Wildman–Crippen MR) is 108 cm³/mol. The summed E-state index contributed by atoms with van der Waals surface area (Å²) < 4.78 is 13.6. The Bertz CT molecular complexity index is 673. The van der Waals surface area contributed by atoms with Crippen LogP contribution in [-0.2, 0) is 15.8 Å². The van der Waals surface area contributed by atoms with Crippen molar-refractivity contribution in [3.05, 3.63) is 33.4 Å². The lowest BCUT2D eigenvalue weighted by Crippen LogP contribution is -2.23. The van der Waals surface area contributed by atoms with Crippen molar-refractivity contribution in [1.29, 1.82) is 5.41 Å². The Morgan fingerprint density at radius 1 is 1.28 bits per heavy atom. The van der Waals surface area contributed by atoms with Crippen molar-refractivity contribution in [2.75, 3.05) is 6.16 Å². The molecule has 0 radical (unpaired) electrons. The van der Waals surface area contributed by atoms with E-state index in [2.05, 4.69) is 22.6 Å². The smallest absolute Gasteiger partial charge is 0.307 e. The van der Waals surface area contributed by atoms with E-state index in [1.165, 1.54) is 6.42 Å². The van der Waals surface area contributed by atoms with Crippen LogP contribution in [0.4, 0.5) is 0 Å². The van der Waals surface area contributed by atoms with Gasteiger partial charge in [-0.2, -0.15) is 0 Å². The summed E-state index contributed by atoms with van der Waals surface area (Å²) >= 11 is 2.14. The van der Waals surface area contributed by atoms with Gasteiger partial charge in [-0.25, -0.2) is 0 Å². The summed E-state index contributed by atoms with van der Waals surface area (Å²) in [6.07, 6.45) is 5.56. The number of nitrogens with one attached hydrogen (secondary N) is 1. The van der Waals surface area contributed by atoms with Crippen molar-refractivity contribution < 1.29 is 19.4 Å². The van der Waals surface area contributed by atoms with Crippen LogP contribution in [0.25, 0.3) is 0 Å². The molecule has 1 aliphatic rings. The Balaban J connectivity index is 2.03. The third-order valence-corrected chi connectivity index (χ3v) is 7.88. The number of halogens is 1. The fourth-order valence-corrected chi connectivity index (χ4v) is 5.63. The molecule has 138 valence electrons. The van der Waals surface area contributed by atoms with Crippen LogP contribution in [0.15, 0.2) is 24.3 Å². The normalized spacial score (nSPS) is 19.1. The van der Waals surface area contributed by atoms with Gasteiger partial charge in [0.05, 0.1) is 11.4 Å². The summed E-state index contributed by atoms with van der Waals surface area (Å²) in [5.41, 5.74) is 0.697. The fourth-order valence-electron chi connectivity index (χ4n) is 3.38. The molecule has 3 N–H and O–H groups in total. The lowest BCUT2D eigenvalue weighted by atomic mass is 9.87. The average Bonchev–Trinajstić information content (AvgIpc) is 2.56. The lowest BCUT2D eigenvalue weighted by molar-refractivity contribution is -0.140. The molecule has 0 saturated heterocycles. The zero-order chi connectivity index (χ0) is 18.4. The van der Waals surface area contributed by atoms with Gasteiger partial charge >= 0.3 is 5.97 Å². The molecule has 0 amide bonds. The second-order valence-corrected chi connectivity index (χ2v) is 10.3. The summed E-state index contributed by atoms with van der Waals surface area (Å²) in [7, 11) is -3.91. The predicted octanol–water partition coefficient (Wildman–Crippen LogP) is 4.75. The Labute approximate surface area is 162 Å². The molecular weight excluding hydrogens is 452 g/mol. The standard InChI is InChI=1S/C18H25INO4P/c19-16-9-5-4-8-14(16)11-15(18(21)22)12-25(23,24)17(20)10-13-6-2-1-3-7-13/h4-5,8-9,13,15,20H,1-3,6-7,10-12H2,(H,21,22)(H,23,24). The molecule has 0 aliphatic heterocycles. The minimum Gasteiger partial charge on any atom is -0.481 e. The molecule has 1 saturated carbocycles. The van der Waals surface area contributed by atoms with Crippen molar-refractivity contribution in [2.24, 2.45) is 11.8 Å². The van der Waals surface area contributed by atoms with Gasteiger partial charge in [-0.3, -0.25) is 14.8 Å². The zero-order valence-corrected chi connectivity index (χ0v) is 17.2. The first-order valence-electron chi connectivity index (χ1n) is 8.65. The van der Waals surface area contributed by atoms with E-state index in [0.29, 0.717) is 12.3 Å². The maximum Gasteiger partial charge on any atom is 0.307 e. The van der Waals surface area contributed by atoms with Crippen LogP contribution < -0.4 is 0 Å². The molecule has 1 aliphatic carbocycles. The zero-order valence-electron chi connectivity index (χ0n) is 14.2. The molecule has 1 fully saturated rings. The molecule has 0 bridgehead atoms. The van der Waals surface area contributed by atoms with Gasteiger partial charge in [0.15, 0.2) is 0 Å². The first kappa shape index (κ1) is 20.6. The quantitative estimate of drug-likeness (QED) is 0.286. The summed E-state index contributed by atoms with van der Waals surface area (Å²) in [5.74, 6) is -1.75. The van der Waals surface area contributed by atoms with Crippen LogP contribution in [0.5, 0.6) is 0 Å². The van der Waals surface area contributed by atoms with Gasteiger partial charge in [0.1, 0.15) is 0 Å². The summed E-state index contributed by atoms with van der Waals surface area (Å²) in [5, 5.41) is 17.6. The number of benzene rings is 1. The van der Waals surface area contributed by atoms with Gasteiger partial charge in [0, 0.05) is 9.73 Å². The Morgan fingerprint density at radius 3 is 2.52 bits per heavy atom. The largest absolute Gasteiger partial charge is 0.481 e. The molecule has 5 nitrogen and oxygen atoms in total. The van der Waals surface area contributed by atoms with E-state index in [-0.39, 0.29) is 18.0 Å². The summed E-state index contributed by atoms with van der Waals surface area (Å²) in [6.45, 7) is 0. The number of carbonyl (C=O) groups is 1. The SMILES string of the molecule is N=C(CC1CCCCC1)P(=O)(O)CC(Cc1ccccc1I)C(=O)O. The molecule has 2 rings (SSSR count). The van der Waals surface area contributed by atoms with Crippen LogP contribution in [-0.4, -0.2) is 27.6 Å². The molecule has 0 spiro atoms. The van der Waals surface area contributed by atoms with E-state index in [1.54, 1.807) is 0 Å². The van der Waals surface area contributed by atoms with Gasteiger partial charge < -0.3 is 10.00 Å². The molecule has 2 atom stereocenters. The summed E-state index contributed by atoms with van der Waals surface area (Å²) in [4.78, 5) is 21.9. The van der Waals surface area contributed by atoms with E-state index in [1.807, 2.05) is 24.3 Å². The third-order valence-electron chi connectivity index (χ3n) is 4.87. The van der Waals surface area contributed by atoms with Gasteiger partial charge in [-0.05, 0) is 53.0 Å². The first-order chi connectivity index (χ1) is 11.8. The van der Waals surface area contributed by atoms with Crippen molar-refractivity contribution in [2.45, 2.75) is 44.9 Å².